The number of amides is 2. The van der Waals surface area contributed by atoms with Gasteiger partial charge >= 0.3 is 6.03 Å². The van der Waals surface area contributed by atoms with Crippen molar-refractivity contribution in [1.82, 2.24) is 10.2 Å². The SMILES string of the molecule is CCCC1CC2(CCO1)C(=N)NC(=O)N2CCOC. The lowest BCUT2D eigenvalue weighted by atomic mass is 9.83. The second-order valence-corrected chi connectivity index (χ2v) is 5.22. The van der Waals surface area contributed by atoms with Crippen molar-refractivity contribution in [3.63, 3.8) is 0 Å². The largest absolute Gasteiger partial charge is 0.383 e. The minimum Gasteiger partial charge on any atom is -0.383 e. The van der Waals surface area contributed by atoms with E-state index in [0.29, 0.717) is 38.4 Å². The van der Waals surface area contributed by atoms with Crippen molar-refractivity contribution >= 4 is 11.9 Å². The minimum absolute atomic E-state index is 0.136. The average Bonchev–Trinajstić information content (AvgIpc) is 2.60. The number of urea groups is 1. The number of hydrogen-bond acceptors (Lipinski definition) is 4. The normalized spacial score (nSPS) is 31.1. The van der Waals surface area contributed by atoms with Crippen molar-refractivity contribution in [3.05, 3.63) is 0 Å². The number of nitrogens with one attached hydrogen (secondary N) is 2. The molecule has 1 spiro atoms. The quantitative estimate of drug-likeness (QED) is 0.791. The van der Waals surface area contributed by atoms with Crippen LogP contribution in [0.4, 0.5) is 4.79 Å². The lowest BCUT2D eigenvalue weighted by molar-refractivity contribution is -0.0389. The fourth-order valence-electron chi connectivity index (χ4n) is 3.03. The first-order valence-corrected chi connectivity index (χ1v) is 6.92. The molecule has 2 unspecified atom stereocenters. The van der Waals surface area contributed by atoms with Crippen molar-refractivity contribution in [2.24, 2.45) is 0 Å². The summed E-state index contributed by atoms with van der Waals surface area (Å²) in [4.78, 5) is 13.8. The first kappa shape index (κ1) is 14.3. The van der Waals surface area contributed by atoms with E-state index in [1.165, 1.54) is 0 Å². The summed E-state index contributed by atoms with van der Waals surface area (Å²) in [5, 5.41) is 10.8. The average molecular weight is 269 g/mol. The van der Waals surface area contributed by atoms with Gasteiger partial charge in [0.25, 0.3) is 0 Å². The summed E-state index contributed by atoms with van der Waals surface area (Å²) in [5.41, 5.74) is -0.506. The van der Waals surface area contributed by atoms with Crippen LogP contribution in [0, 0.1) is 5.41 Å². The Morgan fingerprint density at radius 2 is 2.42 bits per heavy atom. The molecule has 2 amide bonds. The summed E-state index contributed by atoms with van der Waals surface area (Å²) >= 11 is 0. The molecule has 0 radical (unpaired) electrons. The van der Waals surface area contributed by atoms with Crippen LogP contribution in [0.2, 0.25) is 0 Å². The van der Waals surface area contributed by atoms with Gasteiger partial charge in [0.2, 0.25) is 0 Å². The summed E-state index contributed by atoms with van der Waals surface area (Å²) in [6, 6.07) is -0.181. The Labute approximate surface area is 113 Å². The third-order valence-corrected chi connectivity index (χ3v) is 4.02. The highest BCUT2D eigenvalue weighted by Crippen LogP contribution is 2.36. The van der Waals surface area contributed by atoms with Gasteiger partial charge in [-0.3, -0.25) is 10.7 Å². The molecule has 2 aliphatic heterocycles. The summed E-state index contributed by atoms with van der Waals surface area (Å²) < 4.78 is 10.8. The smallest absolute Gasteiger partial charge is 0.323 e. The van der Waals surface area contributed by atoms with Crippen LogP contribution in [0.15, 0.2) is 0 Å². The Balaban J connectivity index is 2.16. The van der Waals surface area contributed by atoms with Crippen LogP contribution in [0.25, 0.3) is 0 Å². The van der Waals surface area contributed by atoms with Crippen molar-refractivity contribution in [1.29, 1.82) is 5.41 Å². The maximum Gasteiger partial charge on any atom is 0.323 e. The molecule has 6 nitrogen and oxygen atoms in total. The fraction of sp³-hybridized carbons (Fsp3) is 0.846. The fourth-order valence-corrected chi connectivity index (χ4v) is 3.03. The second-order valence-electron chi connectivity index (χ2n) is 5.22. The molecule has 0 aromatic heterocycles. The molecule has 19 heavy (non-hydrogen) atoms. The first-order valence-electron chi connectivity index (χ1n) is 6.92. The maximum atomic E-state index is 12.0. The molecule has 0 bridgehead atoms. The molecule has 2 atom stereocenters. The number of rotatable bonds is 5. The van der Waals surface area contributed by atoms with Crippen LogP contribution in [0.3, 0.4) is 0 Å². The van der Waals surface area contributed by atoms with Crippen LogP contribution in [-0.4, -0.2) is 55.3 Å². The molecule has 2 fully saturated rings. The maximum absolute atomic E-state index is 12.0. The predicted molar refractivity (Wildman–Crippen MR) is 71.5 cm³/mol. The minimum atomic E-state index is -0.506. The van der Waals surface area contributed by atoms with Crippen molar-refractivity contribution in [3.8, 4) is 0 Å². The lowest BCUT2D eigenvalue weighted by Crippen LogP contribution is -2.55. The van der Waals surface area contributed by atoms with E-state index in [4.69, 9.17) is 14.9 Å². The van der Waals surface area contributed by atoms with Gasteiger partial charge in [0.1, 0.15) is 11.4 Å². The van der Waals surface area contributed by atoms with Crippen molar-refractivity contribution in [2.75, 3.05) is 26.9 Å². The Kier molecular flexibility index (Phi) is 4.42. The molecule has 0 aliphatic carbocycles. The molecule has 108 valence electrons. The van der Waals surface area contributed by atoms with Crippen molar-refractivity contribution in [2.45, 2.75) is 44.2 Å². The summed E-state index contributed by atoms with van der Waals surface area (Å²) in [6.07, 6.45) is 3.56. The van der Waals surface area contributed by atoms with Crippen LogP contribution < -0.4 is 5.32 Å². The molecule has 2 rings (SSSR count). The molecule has 0 aromatic carbocycles. The zero-order valence-corrected chi connectivity index (χ0v) is 11.7. The Bertz CT molecular complexity index is 359. The van der Waals surface area contributed by atoms with Crippen LogP contribution in [0.5, 0.6) is 0 Å². The Morgan fingerprint density at radius 1 is 1.63 bits per heavy atom. The molecular formula is C13H23N3O3. The van der Waals surface area contributed by atoms with E-state index in [-0.39, 0.29) is 12.1 Å². The van der Waals surface area contributed by atoms with E-state index < -0.39 is 5.54 Å². The first-order chi connectivity index (χ1) is 9.14. The van der Waals surface area contributed by atoms with Gasteiger partial charge in [0.05, 0.1) is 12.7 Å². The van der Waals surface area contributed by atoms with Crippen LogP contribution in [0.1, 0.15) is 32.6 Å². The van der Waals surface area contributed by atoms with Gasteiger partial charge in [-0.25, -0.2) is 4.79 Å². The standard InChI is InChI=1S/C13H23N3O3/c1-3-4-10-9-13(5-7-19-10)11(14)15-12(17)16(13)6-8-18-2/h10H,3-9H2,1-2H3,(H2,14,15,17). The van der Waals surface area contributed by atoms with E-state index >= 15 is 0 Å². The Morgan fingerprint density at radius 3 is 3.11 bits per heavy atom. The van der Waals surface area contributed by atoms with Gasteiger partial charge in [-0.2, -0.15) is 0 Å². The third kappa shape index (κ3) is 2.60. The van der Waals surface area contributed by atoms with Gasteiger partial charge in [0, 0.05) is 33.1 Å². The summed E-state index contributed by atoms with van der Waals surface area (Å²) in [5.74, 6) is 0.318. The molecular weight excluding hydrogens is 246 g/mol. The highest BCUT2D eigenvalue weighted by Gasteiger charge is 2.52. The molecule has 2 heterocycles. The highest BCUT2D eigenvalue weighted by molar-refractivity contribution is 6.08. The monoisotopic (exact) mass is 269 g/mol. The predicted octanol–water partition coefficient (Wildman–Crippen LogP) is 1.35. The number of carbonyl (C=O) groups is 1. The lowest BCUT2D eigenvalue weighted by Gasteiger charge is -2.42. The second kappa shape index (κ2) is 5.88. The number of methoxy groups -OCH3 is 1. The summed E-state index contributed by atoms with van der Waals surface area (Å²) in [6.45, 7) is 3.73. The molecule has 2 aliphatic rings. The van der Waals surface area contributed by atoms with Gasteiger partial charge in [-0.1, -0.05) is 13.3 Å². The van der Waals surface area contributed by atoms with E-state index in [1.54, 1.807) is 12.0 Å². The highest BCUT2D eigenvalue weighted by atomic mass is 16.5. The zero-order valence-electron chi connectivity index (χ0n) is 11.7. The molecule has 6 heteroatoms. The number of ether oxygens (including phenoxy) is 2. The van der Waals surface area contributed by atoms with Gasteiger partial charge < -0.3 is 14.4 Å². The van der Waals surface area contributed by atoms with Crippen molar-refractivity contribution < 1.29 is 14.3 Å². The number of nitrogens with zero attached hydrogens (tertiary/aromatic N) is 1. The zero-order chi connectivity index (χ0) is 13.9. The van der Waals surface area contributed by atoms with Gasteiger partial charge in [0.15, 0.2) is 0 Å². The summed E-state index contributed by atoms with van der Waals surface area (Å²) in [7, 11) is 1.62. The van der Waals surface area contributed by atoms with Gasteiger partial charge in [-0.05, 0) is 6.42 Å². The Hall–Kier alpha value is -1.14. The molecule has 2 saturated heterocycles. The van der Waals surface area contributed by atoms with Gasteiger partial charge in [-0.15, -0.1) is 0 Å². The van der Waals surface area contributed by atoms with E-state index in [0.717, 1.165) is 12.8 Å². The molecule has 2 N–H and O–H groups in total. The van der Waals surface area contributed by atoms with Crippen LogP contribution >= 0.6 is 0 Å². The van der Waals surface area contributed by atoms with Crippen LogP contribution in [-0.2, 0) is 9.47 Å². The van der Waals surface area contributed by atoms with E-state index in [2.05, 4.69) is 12.2 Å². The topological polar surface area (TPSA) is 74.7 Å². The van der Waals surface area contributed by atoms with E-state index in [1.807, 2.05) is 0 Å². The third-order valence-electron chi connectivity index (χ3n) is 4.02. The number of amidine groups is 1. The molecule has 0 saturated carbocycles. The van der Waals surface area contributed by atoms with E-state index in [9.17, 15) is 4.79 Å². The molecule has 0 aromatic rings. The number of hydrogen-bond donors (Lipinski definition) is 2. The number of carbonyl (C=O) groups excluding carboxylic acids is 1.